The van der Waals surface area contributed by atoms with E-state index < -0.39 is 11.7 Å². The van der Waals surface area contributed by atoms with Crippen LogP contribution >= 0.6 is 11.3 Å². The molecule has 6 nitrogen and oxygen atoms in total. The predicted molar refractivity (Wildman–Crippen MR) is 115 cm³/mol. The molecule has 3 N–H and O–H groups in total. The fraction of sp³-hybridized carbons (Fsp3) is 0.286. The van der Waals surface area contributed by atoms with Crippen molar-refractivity contribution in [2.24, 2.45) is 0 Å². The Kier molecular flexibility index (Phi) is 5.11. The van der Waals surface area contributed by atoms with Gasteiger partial charge in [-0.25, -0.2) is 15.0 Å². The van der Waals surface area contributed by atoms with Gasteiger partial charge in [-0.3, -0.25) is 0 Å². The third-order valence-electron chi connectivity index (χ3n) is 5.34. The molecule has 3 aromatic heterocycles. The average molecular weight is 444 g/mol. The van der Waals surface area contributed by atoms with Gasteiger partial charge in [0.1, 0.15) is 10.6 Å². The number of benzene rings is 1. The van der Waals surface area contributed by atoms with E-state index >= 15 is 0 Å². The number of rotatable bonds is 4. The summed E-state index contributed by atoms with van der Waals surface area (Å²) in [6, 6.07) is 5.64. The number of piperidine rings is 1. The highest BCUT2D eigenvalue weighted by Crippen LogP contribution is 2.39. The lowest BCUT2D eigenvalue weighted by atomic mass is 10.0. The van der Waals surface area contributed by atoms with Crippen molar-refractivity contribution in [2.45, 2.75) is 25.1 Å². The Balaban J connectivity index is 1.57. The standard InChI is InChI=1S/C21H19F3N6S/c22-21(23,24)16-11-28-20(29-13-2-1-5-25-9-13)30-18(16)15-10-27-17-8-12(3-4-14(15)17)19-26-6-7-31-19/h3-4,6-8,10-11,13,25,27H,1-2,5,9H2,(H,28,29,30)/t13-/m0/s1. The van der Waals surface area contributed by atoms with E-state index in [4.69, 9.17) is 0 Å². The number of hydrogen-bond donors (Lipinski definition) is 3. The molecule has 0 bridgehead atoms. The molecule has 4 heterocycles. The van der Waals surface area contributed by atoms with E-state index in [1.54, 1.807) is 18.5 Å². The van der Waals surface area contributed by atoms with Crippen LogP contribution in [0.4, 0.5) is 19.1 Å². The Morgan fingerprint density at radius 3 is 2.84 bits per heavy atom. The summed E-state index contributed by atoms with van der Waals surface area (Å²) in [5, 5.41) is 9.83. The fourth-order valence-electron chi connectivity index (χ4n) is 3.84. The summed E-state index contributed by atoms with van der Waals surface area (Å²) in [5.41, 5.74) is 1.02. The number of H-pyrrole nitrogens is 1. The number of alkyl halides is 3. The van der Waals surface area contributed by atoms with Crippen molar-refractivity contribution in [1.29, 1.82) is 0 Å². The van der Waals surface area contributed by atoms with Gasteiger partial charge in [-0.2, -0.15) is 13.2 Å². The minimum atomic E-state index is -4.56. The van der Waals surface area contributed by atoms with E-state index in [2.05, 4.69) is 30.6 Å². The van der Waals surface area contributed by atoms with Gasteiger partial charge >= 0.3 is 6.18 Å². The number of hydrogen-bond acceptors (Lipinski definition) is 6. The maximum atomic E-state index is 13.8. The molecule has 0 unspecified atom stereocenters. The minimum Gasteiger partial charge on any atom is -0.360 e. The number of halogens is 3. The number of nitrogens with one attached hydrogen (secondary N) is 3. The van der Waals surface area contributed by atoms with E-state index in [1.165, 1.54) is 11.3 Å². The van der Waals surface area contributed by atoms with Crippen LogP contribution in [0, 0.1) is 0 Å². The van der Waals surface area contributed by atoms with Gasteiger partial charge in [0.15, 0.2) is 0 Å². The second-order valence-electron chi connectivity index (χ2n) is 7.44. The zero-order chi connectivity index (χ0) is 21.4. The van der Waals surface area contributed by atoms with E-state index in [1.807, 2.05) is 17.5 Å². The molecule has 4 aromatic rings. The monoisotopic (exact) mass is 444 g/mol. The Morgan fingerprint density at radius 1 is 1.19 bits per heavy atom. The molecule has 1 fully saturated rings. The highest BCUT2D eigenvalue weighted by atomic mass is 32.1. The second kappa shape index (κ2) is 7.93. The zero-order valence-electron chi connectivity index (χ0n) is 16.3. The molecule has 1 saturated heterocycles. The summed E-state index contributed by atoms with van der Waals surface area (Å²) in [5.74, 6) is 0.199. The van der Waals surface area contributed by atoms with Crippen LogP contribution in [0.2, 0.25) is 0 Å². The van der Waals surface area contributed by atoms with Crippen molar-refractivity contribution in [2.75, 3.05) is 18.4 Å². The van der Waals surface area contributed by atoms with Crippen LogP contribution in [-0.2, 0) is 6.18 Å². The van der Waals surface area contributed by atoms with Crippen LogP contribution in [0.25, 0.3) is 32.7 Å². The molecule has 0 spiro atoms. The van der Waals surface area contributed by atoms with Crippen LogP contribution in [0.3, 0.4) is 0 Å². The second-order valence-corrected chi connectivity index (χ2v) is 8.34. The molecule has 10 heteroatoms. The molecule has 0 amide bonds. The lowest BCUT2D eigenvalue weighted by Gasteiger charge is -2.24. The summed E-state index contributed by atoms with van der Waals surface area (Å²) in [7, 11) is 0. The Hall–Kier alpha value is -2.98. The quantitative estimate of drug-likeness (QED) is 0.416. The molecule has 1 aromatic carbocycles. The molecular weight excluding hydrogens is 425 g/mol. The first-order valence-corrected chi connectivity index (χ1v) is 10.8. The first-order chi connectivity index (χ1) is 15.0. The lowest BCUT2D eigenvalue weighted by molar-refractivity contribution is -0.137. The predicted octanol–water partition coefficient (Wildman–Crippen LogP) is 4.93. The first kappa shape index (κ1) is 20.0. The van der Waals surface area contributed by atoms with Crippen molar-refractivity contribution < 1.29 is 13.2 Å². The zero-order valence-corrected chi connectivity index (χ0v) is 17.1. The molecule has 160 valence electrons. The molecule has 0 aliphatic carbocycles. The number of nitrogens with zero attached hydrogens (tertiary/aromatic N) is 3. The van der Waals surface area contributed by atoms with Gasteiger partial charge in [0.05, 0.1) is 5.69 Å². The number of anilines is 1. The van der Waals surface area contributed by atoms with Crippen LogP contribution in [0.1, 0.15) is 18.4 Å². The molecule has 31 heavy (non-hydrogen) atoms. The van der Waals surface area contributed by atoms with Gasteiger partial charge in [0, 0.05) is 58.6 Å². The summed E-state index contributed by atoms with van der Waals surface area (Å²) < 4.78 is 41.3. The highest BCUT2D eigenvalue weighted by Gasteiger charge is 2.36. The van der Waals surface area contributed by atoms with Gasteiger partial charge in [-0.1, -0.05) is 12.1 Å². The summed E-state index contributed by atoms with van der Waals surface area (Å²) in [6.45, 7) is 1.67. The SMILES string of the molecule is FC(F)(F)c1cnc(N[C@H]2CCCNC2)nc1-c1c[nH]c2cc(-c3nccs3)ccc12. The molecule has 1 aliphatic heterocycles. The largest absolute Gasteiger partial charge is 0.419 e. The van der Waals surface area contributed by atoms with Crippen LogP contribution in [0.5, 0.6) is 0 Å². The summed E-state index contributed by atoms with van der Waals surface area (Å²) in [6.07, 6.45) is 1.50. The van der Waals surface area contributed by atoms with Gasteiger partial charge in [-0.05, 0) is 25.5 Å². The van der Waals surface area contributed by atoms with E-state index in [-0.39, 0.29) is 17.7 Å². The average Bonchev–Trinajstić information content (AvgIpc) is 3.43. The van der Waals surface area contributed by atoms with E-state index in [9.17, 15) is 13.2 Å². The Bertz CT molecular complexity index is 1200. The van der Waals surface area contributed by atoms with E-state index in [0.29, 0.717) is 10.9 Å². The molecular formula is C21H19F3N6S. The molecule has 0 radical (unpaired) electrons. The lowest BCUT2D eigenvalue weighted by Crippen LogP contribution is -2.38. The number of aromatic nitrogens is 4. The number of aromatic amines is 1. The van der Waals surface area contributed by atoms with Gasteiger partial charge in [0.2, 0.25) is 5.95 Å². The highest BCUT2D eigenvalue weighted by molar-refractivity contribution is 7.13. The van der Waals surface area contributed by atoms with Crippen LogP contribution in [-0.4, -0.2) is 39.1 Å². The normalized spacial score (nSPS) is 17.2. The number of thiazole rings is 1. The molecule has 5 rings (SSSR count). The summed E-state index contributed by atoms with van der Waals surface area (Å²) >= 11 is 1.50. The van der Waals surface area contributed by atoms with Crippen molar-refractivity contribution in [3.8, 4) is 21.8 Å². The maximum absolute atomic E-state index is 13.8. The molecule has 1 atom stereocenters. The maximum Gasteiger partial charge on any atom is 0.419 e. The molecule has 1 aliphatic rings. The van der Waals surface area contributed by atoms with E-state index in [0.717, 1.165) is 48.2 Å². The van der Waals surface area contributed by atoms with Gasteiger partial charge in [-0.15, -0.1) is 11.3 Å². The van der Waals surface area contributed by atoms with Crippen molar-refractivity contribution in [3.63, 3.8) is 0 Å². The Morgan fingerprint density at radius 2 is 2.10 bits per heavy atom. The van der Waals surface area contributed by atoms with Crippen LogP contribution < -0.4 is 10.6 Å². The van der Waals surface area contributed by atoms with Gasteiger partial charge < -0.3 is 15.6 Å². The topological polar surface area (TPSA) is 78.5 Å². The van der Waals surface area contributed by atoms with Crippen LogP contribution in [0.15, 0.2) is 42.2 Å². The third kappa shape index (κ3) is 4.00. The van der Waals surface area contributed by atoms with Gasteiger partial charge in [0.25, 0.3) is 0 Å². The van der Waals surface area contributed by atoms with Crippen molar-refractivity contribution >= 4 is 28.2 Å². The Labute approximate surface area is 180 Å². The minimum absolute atomic E-state index is 0.0853. The van der Waals surface area contributed by atoms with Crippen molar-refractivity contribution in [3.05, 3.63) is 47.7 Å². The fourth-order valence-corrected chi connectivity index (χ4v) is 4.48. The third-order valence-corrected chi connectivity index (χ3v) is 6.16. The first-order valence-electron chi connectivity index (χ1n) is 9.92. The smallest absolute Gasteiger partial charge is 0.360 e. The number of fused-ring (bicyclic) bond motifs is 1. The molecule has 0 saturated carbocycles. The van der Waals surface area contributed by atoms with Crippen molar-refractivity contribution in [1.82, 2.24) is 25.3 Å². The summed E-state index contributed by atoms with van der Waals surface area (Å²) in [4.78, 5) is 15.6.